The average Bonchev–Trinajstić information content (AvgIpc) is 1.97. The lowest BCUT2D eigenvalue weighted by atomic mass is 9.60. The molecule has 2 aliphatic rings. The zero-order valence-electron chi connectivity index (χ0n) is 7.92. The zero-order chi connectivity index (χ0) is 9.14. The van der Waals surface area contributed by atoms with E-state index in [1.54, 1.807) is 39.5 Å². The van der Waals surface area contributed by atoms with Crippen LogP contribution in [0.4, 0.5) is 0 Å². The van der Waals surface area contributed by atoms with Crippen LogP contribution < -0.4 is 0 Å². The van der Waals surface area contributed by atoms with E-state index in [0.29, 0.717) is 0 Å². The van der Waals surface area contributed by atoms with Crippen LogP contribution in [-0.4, -0.2) is 11.1 Å². The van der Waals surface area contributed by atoms with E-state index in [0.717, 1.165) is 0 Å². The van der Waals surface area contributed by atoms with E-state index in [1.807, 2.05) is 0 Å². The summed E-state index contributed by atoms with van der Waals surface area (Å²) in [5, 5.41) is 7.99. The summed E-state index contributed by atoms with van der Waals surface area (Å²) in [5.41, 5.74) is 0. The number of fused-ring (bicyclic) bond motifs is 1. The molecule has 2 rings (SSSR count). The highest BCUT2D eigenvalue weighted by atomic mass is 16.4. The summed E-state index contributed by atoms with van der Waals surface area (Å²) in [6.45, 7) is 3.28. The summed E-state index contributed by atoms with van der Waals surface area (Å²) >= 11 is 0. The SMILES string of the molecule is C1CC2CCC12.CC(C)C(=O)O. The van der Waals surface area contributed by atoms with Crippen molar-refractivity contribution in [3.63, 3.8) is 0 Å². The van der Waals surface area contributed by atoms with Gasteiger partial charge in [0.1, 0.15) is 0 Å². The Bertz CT molecular complexity index is 145. The number of rotatable bonds is 1. The Morgan fingerprint density at radius 2 is 1.42 bits per heavy atom. The van der Waals surface area contributed by atoms with Gasteiger partial charge in [0.25, 0.3) is 0 Å². The van der Waals surface area contributed by atoms with Gasteiger partial charge in [0.05, 0.1) is 5.92 Å². The van der Waals surface area contributed by atoms with Crippen LogP contribution in [0.3, 0.4) is 0 Å². The molecule has 2 saturated carbocycles. The molecule has 0 bridgehead atoms. The first kappa shape index (κ1) is 9.56. The van der Waals surface area contributed by atoms with Gasteiger partial charge in [-0.1, -0.05) is 13.8 Å². The van der Waals surface area contributed by atoms with E-state index in [2.05, 4.69) is 0 Å². The lowest BCUT2D eigenvalue weighted by Gasteiger charge is -2.46. The predicted molar refractivity (Wildman–Crippen MR) is 47.9 cm³/mol. The minimum atomic E-state index is -0.741. The van der Waals surface area contributed by atoms with Crippen LogP contribution in [0.1, 0.15) is 39.5 Å². The maximum Gasteiger partial charge on any atom is 0.305 e. The number of hydrogen-bond donors (Lipinski definition) is 1. The van der Waals surface area contributed by atoms with Gasteiger partial charge in [-0.25, -0.2) is 0 Å². The molecule has 2 nitrogen and oxygen atoms in total. The second-order valence-corrected chi connectivity index (χ2v) is 4.17. The van der Waals surface area contributed by atoms with Crippen molar-refractivity contribution in [3.8, 4) is 0 Å². The Morgan fingerprint density at radius 1 is 1.17 bits per heavy atom. The van der Waals surface area contributed by atoms with Crippen molar-refractivity contribution >= 4 is 5.97 Å². The van der Waals surface area contributed by atoms with Gasteiger partial charge < -0.3 is 5.11 Å². The topological polar surface area (TPSA) is 37.3 Å². The summed E-state index contributed by atoms with van der Waals surface area (Å²) in [5.74, 6) is 1.45. The Balaban J connectivity index is 0.000000120. The standard InChI is InChI=1S/C6H10.C4H8O2/c1-2-6-4-3-5(1)6;1-3(2)4(5)6/h5-6H,1-4H2;3H,1-2H3,(H,5,6). The second-order valence-electron chi connectivity index (χ2n) is 4.17. The van der Waals surface area contributed by atoms with E-state index in [4.69, 9.17) is 5.11 Å². The van der Waals surface area contributed by atoms with Gasteiger partial charge in [-0.15, -0.1) is 0 Å². The molecule has 0 atom stereocenters. The van der Waals surface area contributed by atoms with Crippen LogP contribution in [0.25, 0.3) is 0 Å². The summed E-state index contributed by atoms with van der Waals surface area (Å²) < 4.78 is 0. The molecule has 0 amide bonds. The van der Waals surface area contributed by atoms with Crippen molar-refractivity contribution in [2.75, 3.05) is 0 Å². The van der Waals surface area contributed by atoms with Crippen molar-refractivity contribution in [1.82, 2.24) is 0 Å². The molecule has 0 spiro atoms. The molecular formula is C10H18O2. The largest absolute Gasteiger partial charge is 0.481 e. The third-order valence-electron chi connectivity index (χ3n) is 2.98. The highest BCUT2D eigenvalue weighted by molar-refractivity contribution is 5.68. The van der Waals surface area contributed by atoms with E-state index in [9.17, 15) is 4.79 Å². The van der Waals surface area contributed by atoms with Gasteiger partial charge in [-0.05, 0) is 37.5 Å². The van der Waals surface area contributed by atoms with Crippen LogP contribution in [0, 0.1) is 17.8 Å². The fourth-order valence-electron chi connectivity index (χ4n) is 1.56. The maximum absolute atomic E-state index is 9.70. The first-order valence-electron chi connectivity index (χ1n) is 4.84. The highest BCUT2D eigenvalue weighted by Gasteiger charge is 2.37. The maximum atomic E-state index is 9.70. The number of carboxylic acid groups (broad SMARTS) is 1. The molecule has 0 radical (unpaired) electrons. The summed E-state index contributed by atoms with van der Waals surface area (Å²) in [6, 6.07) is 0. The van der Waals surface area contributed by atoms with Crippen LogP contribution in [0.2, 0.25) is 0 Å². The van der Waals surface area contributed by atoms with Crippen LogP contribution in [0.15, 0.2) is 0 Å². The molecule has 0 saturated heterocycles. The van der Waals surface area contributed by atoms with Crippen LogP contribution >= 0.6 is 0 Å². The quantitative estimate of drug-likeness (QED) is 0.656. The Morgan fingerprint density at radius 3 is 1.42 bits per heavy atom. The monoisotopic (exact) mass is 170 g/mol. The molecule has 1 N–H and O–H groups in total. The van der Waals surface area contributed by atoms with Gasteiger partial charge in [0.15, 0.2) is 0 Å². The third-order valence-corrected chi connectivity index (χ3v) is 2.98. The van der Waals surface area contributed by atoms with Crippen molar-refractivity contribution in [3.05, 3.63) is 0 Å². The lowest BCUT2D eigenvalue weighted by molar-refractivity contribution is -0.140. The molecular weight excluding hydrogens is 152 g/mol. The molecule has 0 aliphatic heterocycles. The van der Waals surface area contributed by atoms with E-state index in [-0.39, 0.29) is 5.92 Å². The fraction of sp³-hybridized carbons (Fsp3) is 0.900. The van der Waals surface area contributed by atoms with Gasteiger partial charge in [0.2, 0.25) is 0 Å². The predicted octanol–water partition coefficient (Wildman–Crippen LogP) is 2.53. The van der Waals surface area contributed by atoms with Crippen molar-refractivity contribution in [2.45, 2.75) is 39.5 Å². The van der Waals surface area contributed by atoms with Crippen molar-refractivity contribution in [2.24, 2.45) is 17.8 Å². The molecule has 2 heteroatoms. The number of aliphatic carboxylic acids is 1. The summed E-state index contributed by atoms with van der Waals surface area (Å²) in [6.07, 6.45) is 6.24. The molecule has 70 valence electrons. The number of carboxylic acids is 1. The smallest absolute Gasteiger partial charge is 0.305 e. The molecule has 2 fully saturated rings. The third kappa shape index (κ3) is 2.23. The first-order valence-corrected chi connectivity index (χ1v) is 4.84. The van der Waals surface area contributed by atoms with Crippen molar-refractivity contribution < 1.29 is 9.90 Å². The summed E-state index contributed by atoms with van der Waals surface area (Å²) in [4.78, 5) is 9.70. The highest BCUT2D eigenvalue weighted by Crippen LogP contribution is 2.49. The molecule has 12 heavy (non-hydrogen) atoms. The van der Waals surface area contributed by atoms with Gasteiger partial charge in [0, 0.05) is 0 Å². The van der Waals surface area contributed by atoms with Gasteiger partial charge >= 0.3 is 5.97 Å². The van der Waals surface area contributed by atoms with E-state index < -0.39 is 5.97 Å². The van der Waals surface area contributed by atoms with Gasteiger partial charge in [-0.3, -0.25) is 4.79 Å². The second kappa shape index (κ2) is 3.92. The normalized spacial score (nSPS) is 30.6. The molecule has 0 aromatic rings. The minimum Gasteiger partial charge on any atom is -0.481 e. The van der Waals surface area contributed by atoms with Gasteiger partial charge in [-0.2, -0.15) is 0 Å². The zero-order valence-corrected chi connectivity index (χ0v) is 7.92. The lowest BCUT2D eigenvalue weighted by Crippen LogP contribution is -2.34. The molecule has 0 aromatic carbocycles. The molecule has 0 aromatic heterocycles. The number of hydrogen-bond acceptors (Lipinski definition) is 1. The van der Waals surface area contributed by atoms with E-state index >= 15 is 0 Å². The first-order chi connectivity index (χ1) is 5.61. The number of carbonyl (C=O) groups is 1. The summed E-state index contributed by atoms with van der Waals surface area (Å²) in [7, 11) is 0. The minimum absolute atomic E-state index is 0.231. The Labute approximate surface area is 74.0 Å². The van der Waals surface area contributed by atoms with Crippen LogP contribution in [-0.2, 0) is 4.79 Å². The van der Waals surface area contributed by atoms with Crippen LogP contribution in [0.5, 0.6) is 0 Å². The Kier molecular flexibility index (Phi) is 3.12. The average molecular weight is 170 g/mol. The Hall–Kier alpha value is -0.530. The molecule has 2 aliphatic carbocycles. The van der Waals surface area contributed by atoms with Crippen molar-refractivity contribution in [1.29, 1.82) is 0 Å². The fourth-order valence-corrected chi connectivity index (χ4v) is 1.56. The molecule has 0 unspecified atom stereocenters. The molecule has 0 heterocycles. The van der Waals surface area contributed by atoms with E-state index in [1.165, 1.54) is 11.8 Å².